The summed E-state index contributed by atoms with van der Waals surface area (Å²) in [5, 5.41) is 20.7. The molecule has 6 nitrogen and oxygen atoms in total. The number of rotatable bonds is 5. The second-order valence-electron chi connectivity index (χ2n) is 7.12. The van der Waals surface area contributed by atoms with Crippen molar-refractivity contribution in [1.82, 2.24) is 4.31 Å². The van der Waals surface area contributed by atoms with Gasteiger partial charge in [0.2, 0.25) is 0 Å². The Bertz CT molecular complexity index is 1010. The molecule has 30 heavy (non-hydrogen) atoms. The van der Waals surface area contributed by atoms with Crippen molar-refractivity contribution < 1.29 is 26.7 Å². The van der Waals surface area contributed by atoms with Gasteiger partial charge in [0.05, 0.1) is 18.5 Å². The third-order valence-corrected chi connectivity index (χ3v) is 8.41. The van der Waals surface area contributed by atoms with Crippen LogP contribution in [0.5, 0.6) is 0 Å². The Balaban J connectivity index is 1.83. The van der Waals surface area contributed by atoms with Gasteiger partial charge in [0.15, 0.2) is 5.60 Å². The predicted octanol–water partition coefficient (Wildman–Crippen LogP) is 3.31. The molecular formula is C19H20F3N3O3S2. The maximum atomic E-state index is 13.1. The third-order valence-electron chi connectivity index (χ3n) is 5.17. The summed E-state index contributed by atoms with van der Waals surface area (Å²) in [5.74, 6) is 0. The lowest BCUT2D eigenvalue weighted by Gasteiger charge is -2.41. The summed E-state index contributed by atoms with van der Waals surface area (Å²) in [6.07, 6.45) is -4.77. The molecule has 0 spiro atoms. The SMILES string of the molecule is C[C@](O)(c1ccc(N2CCN(S(=O)(=O)c3cccs3)CC2CC#N)cc1)C(F)(F)F. The van der Waals surface area contributed by atoms with Gasteiger partial charge in [-0.2, -0.15) is 22.7 Å². The van der Waals surface area contributed by atoms with Gasteiger partial charge in [-0.25, -0.2) is 8.42 Å². The number of anilines is 1. The van der Waals surface area contributed by atoms with E-state index in [0.29, 0.717) is 12.6 Å². The largest absolute Gasteiger partial charge is 0.421 e. The normalized spacial score (nSPS) is 20.5. The number of aliphatic hydroxyl groups is 1. The minimum absolute atomic E-state index is 0.0540. The molecule has 1 saturated heterocycles. The number of nitrogens with zero attached hydrogens (tertiary/aromatic N) is 3. The van der Waals surface area contributed by atoms with Crippen LogP contribution in [0.4, 0.5) is 18.9 Å². The first-order chi connectivity index (χ1) is 14.0. The Hall–Kier alpha value is -2.13. The monoisotopic (exact) mass is 459 g/mol. The van der Waals surface area contributed by atoms with Crippen molar-refractivity contribution >= 4 is 27.0 Å². The van der Waals surface area contributed by atoms with Crippen molar-refractivity contribution in [1.29, 1.82) is 5.26 Å². The molecule has 2 atom stereocenters. The molecule has 3 rings (SSSR count). The summed E-state index contributed by atoms with van der Waals surface area (Å²) in [6.45, 7) is 1.25. The Labute approximate surface area is 176 Å². The number of hydrogen-bond acceptors (Lipinski definition) is 6. The summed E-state index contributed by atoms with van der Waals surface area (Å²) in [7, 11) is -3.66. The fourth-order valence-corrected chi connectivity index (χ4v) is 5.96. The molecule has 2 aromatic rings. The minimum atomic E-state index is -4.82. The average Bonchev–Trinajstić information content (AvgIpc) is 3.23. The van der Waals surface area contributed by atoms with Crippen LogP contribution in [0.25, 0.3) is 0 Å². The summed E-state index contributed by atoms with van der Waals surface area (Å²) < 4.78 is 66.3. The topological polar surface area (TPSA) is 84.6 Å². The van der Waals surface area contributed by atoms with Crippen LogP contribution < -0.4 is 4.90 Å². The summed E-state index contributed by atoms with van der Waals surface area (Å²) in [6, 6.07) is 10.1. The molecule has 1 aliphatic heterocycles. The van der Waals surface area contributed by atoms with Crippen LogP contribution in [-0.2, 0) is 15.6 Å². The van der Waals surface area contributed by atoms with E-state index in [-0.39, 0.29) is 35.8 Å². The van der Waals surface area contributed by atoms with E-state index in [1.165, 1.54) is 34.6 Å². The zero-order valence-corrected chi connectivity index (χ0v) is 17.6. The maximum absolute atomic E-state index is 13.1. The van der Waals surface area contributed by atoms with Crippen molar-refractivity contribution in [2.45, 2.75) is 35.4 Å². The number of thiophene rings is 1. The van der Waals surface area contributed by atoms with E-state index in [1.54, 1.807) is 11.4 Å². The second kappa shape index (κ2) is 8.19. The molecule has 1 fully saturated rings. The Morgan fingerprint density at radius 1 is 1.23 bits per heavy atom. The predicted molar refractivity (Wildman–Crippen MR) is 107 cm³/mol. The highest BCUT2D eigenvalue weighted by molar-refractivity contribution is 7.91. The Morgan fingerprint density at radius 3 is 2.43 bits per heavy atom. The quantitative estimate of drug-likeness (QED) is 0.742. The molecule has 0 saturated carbocycles. The van der Waals surface area contributed by atoms with Crippen LogP contribution in [-0.4, -0.2) is 49.7 Å². The highest BCUT2D eigenvalue weighted by atomic mass is 32.2. The van der Waals surface area contributed by atoms with Gasteiger partial charge in [0.25, 0.3) is 10.0 Å². The minimum Gasteiger partial charge on any atom is -0.376 e. The van der Waals surface area contributed by atoms with Crippen molar-refractivity contribution in [3.8, 4) is 6.07 Å². The van der Waals surface area contributed by atoms with Crippen molar-refractivity contribution in [3.63, 3.8) is 0 Å². The molecule has 1 aromatic heterocycles. The van der Waals surface area contributed by atoms with E-state index >= 15 is 0 Å². The number of alkyl halides is 3. The zero-order valence-electron chi connectivity index (χ0n) is 16.0. The number of halogens is 3. The molecule has 0 radical (unpaired) electrons. The van der Waals surface area contributed by atoms with Crippen molar-refractivity contribution in [3.05, 3.63) is 47.3 Å². The zero-order chi connectivity index (χ0) is 22.2. The molecule has 1 N–H and O–H groups in total. The summed E-state index contributed by atoms with van der Waals surface area (Å²) >= 11 is 1.12. The summed E-state index contributed by atoms with van der Waals surface area (Å²) in [4.78, 5) is 1.82. The number of piperazine rings is 1. The van der Waals surface area contributed by atoms with E-state index in [2.05, 4.69) is 6.07 Å². The van der Waals surface area contributed by atoms with Crippen molar-refractivity contribution in [2.75, 3.05) is 24.5 Å². The number of sulfonamides is 1. The molecule has 0 amide bonds. The van der Waals surface area contributed by atoms with Crippen LogP contribution in [0.15, 0.2) is 46.0 Å². The van der Waals surface area contributed by atoms with Gasteiger partial charge < -0.3 is 10.0 Å². The lowest BCUT2D eigenvalue weighted by atomic mass is 9.95. The smallest absolute Gasteiger partial charge is 0.376 e. The molecule has 162 valence electrons. The van der Waals surface area contributed by atoms with Gasteiger partial charge in [0, 0.05) is 25.3 Å². The van der Waals surface area contributed by atoms with Gasteiger partial charge in [-0.1, -0.05) is 18.2 Å². The van der Waals surface area contributed by atoms with Crippen LogP contribution in [0.2, 0.25) is 0 Å². The third kappa shape index (κ3) is 4.18. The molecule has 11 heteroatoms. The first kappa shape index (κ1) is 22.6. The standard InChI is InChI=1S/C19H20F3N3O3S2/c1-18(26,19(20,21)22)14-4-6-15(7-5-14)25-11-10-24(13-16(25)8-9-23)30(27,28)17-3-2-12-29-17/h2-7,12,16,26H,8,10-11,13H2,1H3/t16?,18-/m0/s1. The second-order valence-corrected chi connectivity index (χ2v) is 10.2. The van der Waals surface area contributed by atoms with E-state index < -0.39 is 27.8 Å². The van der Waals surface area contributed by atoms with Gasteiger partial charge in [0.1, 0.15) is 4.21 Å². The number of nitriles is 1. The lowest BCUT2D eigenvalue weighted by Crippen LogP contribution is -2.54. The summed E-state index contributed by atoms with van der Waals surface area (Å²) in [5.41, 5.74) is -2.72. The van der Waals surface area contributed by atoms with E-state index in [9.17, 15) is 32.0 Å². The fraction of sp³-hybridized carbons (Fsp3) is 0.421. The highest BCUT2D eigenvalue weighted by Crippen LogP contribution is 2.39. The fourth-order valence-electron chi connectivity index (χ4n) is 3.34. The van der Waals surface area contributed by atoms with Gasteiger partial charge in [-0.3, -0.25) is 0 Å². The molecule has 2 heterocycles. The Morgan fingerprint density at radius 2 is 1.90 bits per heavy atom. The molecule has 0 aliphatic carbocycles. The average molecular weight is 460 g/mol. The highest BCUT2D eigenvalue weighted by Gasteiger charge is 2.51. The first-order valence-electron chi connectivity index (χ1n) is 9.05. The Kier molecular flexibility index (Phi) is 6.15. The van der Waals surface area contributed by atoms with Crippen LogP contribution in [0.1, 0.15) is 18.9 Å². The van der Waals surface area contributed by atoms with Crippen molar-refractivity contribution in [2.24, 2.45) is 0 Å². The molecule has 1 aromatic carbocycles. The van der Waals surface area contributed by atoms with Gasteiger partial charge >= 0.3 is 6.18 Å². The van der Waals surface area contributed by atoms with E-state index in [4.69, 9.17) is 0 Å². The van der Waals surface area contributed by atoms with E-state index in [1.807, 2.05) is 4.90 Å². The molecule has 1 aliphatic rings. The molecular weight excluding hydrogens is 439 g/mol. The lowest BCUT2D eigenvalue weighted by molar-refractivity contribution is -0.258. The molecule has 0 bridgehead atoms. The number of benzene rings is 1. The first-order valence-corrected chi connectivity index (χ1v) is 11.4. The van der Waals surface area contributed by atoms with E-state index in [0.717, 1.165) is 11.3 Å². The van der Waals surface area contributed by atoms with Gasteiger partial charge in [-0.15, -0.1) is 11.3 Å². The van der Waals surface area contributed by atoms with Gasteiger partial charge in [-0.05, 0) is 36.1 Å². The van der Waals surface area contributed by atoms with Crippen LogP contribution >= 0.6 is 11.3 Å². The number of hydrogen-bond donors (Lipinski definition) is 1. The molecule has 1 unspecified atom stereocenters. The van der Waals surface area contributed by atoms with Crippen LogP contribution in [0, 0.1) is 11.3 Å². The maximum Gasteiger partial charge on any atom is 0.421 e. The van der Waals surface area contributed by atoms with Crippen LogP contribution in [0.3, 0.4) is 0 Å².